The molecular weight excluding hydrogens is 388 g/mol. The third-order valence-corrected chi connectivity index (χ3v) is 7.36. The summed E-state index contributed by atoms with van der Waals surface area (Å²) in [6, 6.07) is 14.8. The fraction of sp³-hybridized carbons (Fsp3) is 0.423. The van der Waals surface area contributed by atoms with Crippen LogP contribution < -0.4 is 0 Å². The van der Waals surface area contributed by atoms with Gasteiger partial charge < -0.3 is 4.90 Å². The molecule has 1 saturated carbocycles. The second-order valence-electron chi connectivity index (χ2n) is 9.13. The molecule has 5 rings (SSSR count). The van der Waals surface area contributed by atoms with Crippen LogP contribution in [-0.4, -0.2) is 40.6 Å². The Balaban J connectivity index is 1.48. The molecule has 0 radical (unpaired) electrons. The zero-order valence-electron chi connectivity index (χ0n) is 17.9. The highest BCUT2D eigenvalue weighted by Gasteiger charge is 2.42. The number of hydrogen-bond acceptors (Lipinski definition) is 3. The molecule has 31 heavy (non-hydrogen) atoms. The largest absolute Gasteiger partial charge is 0.333 e. The van der Waals surface area contributed by atoms with Gasteiger partial charge in [0, 0.05) is 12.5 Å². The van der Waals surface area contributed by atoms with Crippen LogP contribution in [0.15, 0.2) is 48.5 Å². The zero-order chi connectivity index (χ0) is 21.5. The summed E-state index contributed by atoms with van der Waals surface area (Å²) in [4.78, 5) is 43.0. The molecule has 0 saturated heterocycles. The fourth-order valence-electron chi connectivity index (χ4n) is 5.59. The minimum atomic E-state index is -0.297. The number of amides is 3. The molecule has 0 aromatic heterocycles. The molecule has 2 aliphatic heterocycles. The monoisotopic (exact) mass is 416 g/mol. The lowest BCUT2D eigenvalue weighted by Crippen LogP contribution is -2.49. The van der Waals surface area contributed by atoms with Gasteiger partial charge in [-0.15, -0.1) is 0 Å². The summed E-state index contributed by atoms with van der Waals surface area (Å²) < 4.78 is 0. The Morgan fingerprint density at radius 3 is 2.29 bits per heavy atom. The van der Waals surface area contributed by atoms with E-state index >= 15 is 0 Å². The lowest BCUT2D eigenvalue weighted by molar-refractivity contribution is -0.141. The number of carbonyl (C=O) groups is 3. The van der Waals surface area contributed by atoms with Crippen LogP contribution in [0, 0.1) is 11.8 Å². The van der Waals surface area contributed by atoms with E-state index in [9.17, 15) is 14.4 Å². The second-order valence-corrected chi connectivity index (χ2v) is 9.13. The summed E-state index contributed by atoms with van der Waals surface area (Å²) in [5, 5.41) is 0. The van der Waals surface area contributed by atoms with Crippen LogP contribution in [0.1, 0.15) is 70.5 Å². The first-order chi connectivity index (χ1) is 15.1. The maximum atomic E-state index is 13.7. The van der Waals surface area contributed by atoms with Crippen LogP contribution in [-0.2, 0) is 11.2 Å². The van der Waals surface area contributed by atoms with Gasteiger partial charge in [-0.25, -0.2) is 0 Å². The first kappa shape index (κ1) is 20.0. The predicted octanol–water partition coefficient (Wildman–Crippen LogP) is 4.23. The number of fused-ring (bicyclic) bond motifs is 2. The Kier molecular flexibility index (Phi) is 5.12. The van der Waals surface area contributed by atoms with Gasteiger partial charge in [-0.1, -0.05) is 56.2 Å². The van der Waals surface area contributed by atoms with Gasteiger partial charge >= 0.3 is 0 Å². The average molecular weight is 417 g/mol. The van der Waals surface area contributed by atoms with E-state index in [-0.39, 0.29) is 36.2 Å². The maximum Gasteiger partial charge on any atom is 0.261 e. The highest BCUT2D eigenvalue weighted by molar-refractivity contribution is 6.21. The molecule has 3 atom stereocenters. The molecule has 0 spiro atoms. The predicted molar refractivity (Wildman–Crippen MR) is 118 cm³/mol. The lowest BCUT2D eigenvalue weighted by atomic mass is 9.78. The smallest absolute Gasteiger partial charge is 0.261 e. The second kappa shape index (κ2) is 7.95. The average Bonchev–Trinajstić information content (AvgIpc) is 3.04. The van der Waals surface area contributed by atoms with Crippen molar-refractivity contribution in [3.63, 3.8) is 0 Å². The maximum absolute atomic E-state index is 13.7. The zero-order valence-corrected chi connectivity index (χ0v) is 17.9. The minimum absolute atomic E-state index is 0.0312. The third kappa shape index (κ3) is 3.36. The van der Waals surface area contributed by atoms with E-state index < -0.39 is 0 Å². The number of rotatable bonds is 3. The summed E-state index contributed by atoms with van der Waals surface area (Å²) >= 11 is 0. The van der Waals surface area contributed by atoms with Crippen LogP contribution in [0.3, 0.4) is 0 Å². The number of hydrogen-bond donors (Lipinski definition) is 0. The van der Waals surface area contributed by atoms with Crippen molar-refractivity contribution in [2.75, 3.05) is 13.1 Å². The van der Waals surface area contributed by atoms with Gasteiger partial charge in [0.15, 0.2) is 0 Å². The van der Waals surface area contributed by atoms with Gasteiger partial charge in [0.05, 0.1) is 23.7 Å². The van der Waals surface area contributed by atoms with Crippen LogP contribution in [0.4, 0.5) is 0 Å². The van der Waals surface area contributed by atoms with Crippen molar-refractivity contribution in [2.45, 2.75) is 45.1 Å². The Morgan fingerprint density at radius 1 is 0.935 bits per heavy atom. The Bertz CT molecular complexity index is 1010. The van der Waals surface area contributed by atoms with Crippen molar-refractivity contribution in [3.8, 4) is 0 Å². The van der Waals surface area contributed by atoms with Gasteiger partial charge in [-0.3, -0.25) is 19.3 Å². The highest BCUT2D eigenvalue weighted by Crippen LogP contribution is 2.37. The summed E-state index contributed by atoms with van der Waals surface area (Å²) in [6.07, 6.45) is 5.10. The van der Waals surface area contributed by atoms with Gasteiger partial charge in [0.25, 0.3) is 11.8 Å². The molecule has 3 aliphatic rings. The molecule has 3 amide bonds. The van der Waals surface area contributed by atoms with E-state index in [0.29, 0.717) is 23.6 Å². The number of carbonyl (C=O) groups excluding carboxylic acids is 3. The summed E-state index contributed by atoms with van der Waals surface area (Å²) in [5.41, 5.74) is 3.16. The summed E-state index contributed by atoms with van der Waals surface area (Å²) in [6.45, 7) is 3.02. The minimum Gasteiger partial charge on any atom is -0.333 e. The number of imide groups is 1. The van der Waals surface area contributed by atoms with Crippen molar-refractivity contribution in [1.82, 2.24) is 9.80 Å². The molecule has 0 unspecified atom stereocenters. The molecule has 5 heteroatoms. The van der Waals surface area contributed by atoms with E-state index in [1.807, 2.05) is 23.1 Å². The topological polar surface area (TPSA) is 57.7 Å². The number of nitrogens with zero attached hydrogens (tertiary/aromatic N) is 2. The summed E-state index contributed by atoms with van der Waals surface area (Å²) in [7, 11) is 0. The van der Waals surface area contributed by atoms with Gasteiger partial charge in [-0.05, 0) is 48.4 Å². The molecule has 2 aromatic rings. The first-order valence-electron chi connectivity index (χ1n) is 11.4. The molecule has 1 fully saturated rings. The van der Waals surface area contributed by atoms with Crippen LogP contribution in [0.25, 0.3) is 0 Å². The van der Waals surface area contributed by atoms with Crippen LogP contribution in [0.2, 0.25) is 0 Å². The number of benzene rings is 2. The van der Waals surface area contributed by atoms with Gasteiger partial charge in [0.2, 0.25) is 5.91 Å². The van der Waals surface area contributed by atoms with Crippen molar-refractivity contribution < 1.29 is 14.4 Å². The first-order valence-corrected chi connectivity index (χ1v) is 11.4. The molecule has 160 valence electrons. The Morgan fingerprint density at radius 2 is 1.58 bits per heavy atom. The molecule has 1 aliphatic carbocycles. The Labute approximate surface area is 183 Å². The molecule has 0 bridgehead atoms. The van der Waals surface area contributed by atoms with Gasteiger partial charge in [0.1, 0.15) is 0 Å². The SMILES string of the molecule is C[C@H]1CCCC[C@H]1C(=O)N1CCc2ccccc2[C@H]1CN1C(=O)c2ccccc2C1=O. The highest BCUT2D eigenvalue weighted by atomic mass is 16.2. The van der Waals surface area contributed by atoms with Crippen molar-refractivity contribution >= 4 is 17.7 Å². The van der Waals surface area contributed by atoms with E-state index in [0.717, 1.165) is 31.2 Å². The Hall–Kier alpha value is -2.95. The molecular formula is C26H28N2O3. The summed E-state index contributed by atoms with van der Waals surface area (Å²) in [5.74, 6) is 0.0644. The van der Waals surface area contributed by atoms with Gasteiger partial charge in [-0.2, -0.15) is 0 Å². The quantitative estimate of drug-likeness (QED) is 0.704. The van der Waals surface area contributed by atoms with Crippen molar-refractivity contribution in [1.29, 1.82) is 0 Å². The molecule has 5 nitrogen and oxygen atoms in total. The normalized spacial score (nSPS) is 25.4. The molecule has 0 N–H and O–H groups in total. The van der Waals surface area contributed by atoms with Crippen LogP contribution >= 0.6 is 0 Å². The van der Waals surface area contributed by atoms with E-state index in [1.54, 1.807) is 24.3 Å². The molecule has 2 aromatic carbocycles. The fourth-order valence-corrected chi connectivity index (χ4v) is 5.59. The van der Waals surface area contributed by atoms with Crippen LogP contribution in [0.5, 0.6) is 0 Å². The standard InChI is InChI=1S/C26H28N2O3/c1-17-8-2-4-10-19(17)24(29)27-15-14-18-9-3-5-11-20(18)23(27)16-28-25(30)21-12-6-7-13-22(21)26(28)31/h3,5-7,9,11-13,17,19,23H,2,4,8,10,14-16H2,1H3/t17-,19+,23+/m0/s1. The lowest BCUT2D eigenvalue weighted by Gasteiger charge is -2.42. The van der Waals surface area contributed by atoms with Crippen molar-refractivity contribution in [3.05, 3.63) is 70.8 Å². The van der Waals surface area contributed by atoms with E-state index in [4.69, 9.17) is 0 Å². The van der Waals surface area contributed by atoms with E-state index in [1.165, 1.54) is 16.9 Å². The van der Waals surface area contributed by atoms with Crippen molar-refractivity contribution in [2.24, 2.45) is 11.8 Å². The third-order valence-electron chi connectivity index (χ3n) is 7.36. The molecule has 2 heterocycles. The van der Waals surface area contributed by atoms with E-state index in [2.05, 4.69) is 13.0 Å².